The number of anilines is 2. The highest BCUT2D eigenvalue weighted by molar-refractivity contribution is 5.79. The van der Waals surface area contributed by atoms with Crippen LogP contribution < -0.4 is 20.7 Å². The summed E-state index contributed by atoms with van der Waals surface area (Å²) in [6.45, 7) is 2.28. The van der Waals surface area contributed by atoms with Crippen LogP contribution >= 0.6 is 0 Å². The molecule has 1 atom stereocenters. The minimum atomic E-state index is -0.503. The number of nitrogens with zero attached hydrogens (tertiary/aromatic N) is 1. The molecular weight excluding hydrogens is 249 g/mol. The molecule has 1 amide bonds. The molecular formula is C13H20FN3O2. The lowest BCUT2D eigenvalue weighted by atomic mass is 10.1. The van der Waals surface area contributed by atoms with E-state index in [1.165, 1.54) is 19.2 Å². The fourth-order valence-corrected chi connectivity index (χ4v) is 1.88. The maximum atomic E-state index is 13.5. The zero-order valence-electron chi connectivity index (χ0n) is 11.7. The van der Waals surface area contributed by atoms with Crippen LogP contribution in [-0.4, -0.2) is 33.7 Å². The van der Waals surface area contributed by atoms with Crippen LogP contribution in [0.3, 0.4) is 0 Å². The lowest BCUT2D eigenvalue weighted by Crippen LogP contribution is -2.34. The lowest BCUT2D eigenvalue weighted by molar-refractivity contribution is -0.123. The number of benzene rings is 1. The van der Waals surface area contributed by atoms with Crippen molar-refractivity contribution in [1.82, 2.24) is 5.32 Å². The number of nitrogens with two attached hydrogens (primary N) is 1. The normalized spacial score (nSPS) is 11.8. The number of methoxy groups -OCH3 is 1. The quantitative estimate of drug-likeness (QED) is 0.789. The number of hydrogen-bond acceptors (Lipinski definition) is 4. The zero-order valence-corrected chi connectivity index (χ0v) is 11.7. The van der Waals surface area contributed by atoms with Crippen molar-refractivity contribution in [3.8, 4) is 5.75 Å². The van der Waals surface area contributed by atoms with Crippen LogP contribution in [-0.2, 0) is 4.79 Å². The number of carbonyl (C=O) groups excluding carboxylic acids is 1. The summed E-state index contributed by atoms with van der Waals surface area (Å²) in [4.78, 5) is 13.3. The number of carbonyl (C=O) groups is 1. The third-order valence-corrected chi connectivity index (χ3v) is 2.95. The van der Waals surface area contributed by atoms with Crippen LogP contribution in [0.2, 0.25) is 0 Å². The Bertz CT molecular complexity index is 465. The van der Waals surface area contributed by atoms with Crippen LogP contribution in [0, 0.1) is 11.7 Å². The molecule has 0 aliphatic carbocycles. The molecule has 106 valence electrons. The van der Waals surface area contributed by atoms with E-state index in [4.69, 9.17) is 10.5 Å². The fraction of sp³-hybridized carbons (Fsp3) is 0.462. The molecule has 0 saturated carbocycles. The molecule has 0 heterocycles. The predicted molar refractivity (Wildman–Crippen MR) is 73.9 cm³/mol. The number of halogens is 1. The van der Waals surface area contributed by atoms with Crippen molar-refractivity contribution in [2.24, 2.45) is 5.92 Å². The van der Waals surface area contributed by atoms with E-state index in [0.717, 1.165) is 0 Å². The van der Waals surface area contributed by atoms with E-state index in [1.54, 1.807) is 19.0 Å². The van der Waals surface area contributed by atoms with Gasteiger partial charge in [-0.2, -0.15) is 0 Å². The van der Waals surface area contributed by atoms with E-state index < -0.39 is 5.82 Å². The first-order valence-electron chi connectivity index (χ1n) is 5.96. The van der Waals surface area contributed by atoms with Gasteiger partial charge in [-0.1, -0.05) is 6.92 Å². The first kappa shape index (κ1) is 15.1. The Hall–Kier alpha value is -1.98. The van der Waals surface area contributed by atoms with Gasteiger partial charge in [0.05, 0.1) is 24.4 Å². The molecule has 1 aromatic rings. The smallest absolute Gasteiger partial charge is 0.224 e. The summed E-state index contributed by atoms with van der Waals surface area (Å²) in [5.41, 5.74) is 6.74. The third kappa shape index (κ3) is 3.49. The summed E-state index contributed by atoms with van der Waals surface area (Å²) in [5, 5.41) is 2.59. The first-order valence-corrected chi connectivity index (χ1v) is 5.96. The van der Waals surface area contributed by atoms with Gasteiger partial charge in [-0.15, -0.1) is 0 Å². The molecule has 0 spiro atoms. The molecule has 3 N–H and O–H groups in total. The van der Waals surface area contributed by atoms with Crippen LogP contribution in [0.5, 0.6) is 5.75 Å². The third-order valence-electron chi connectivity index (χ3n) is 2.95. The van der Waals surface area contributed by atoms with E-state index in [0.29, 0.717) is 17.9 Å². The van der Waals surface area contributed by atoms with Gasteiger partial charge in [0.1, 0.15) is 0 Å². The fourth-order valence-electron chi connectivity index (χ4n) is 1.88. The van der Waals surface area contributed by atoms with Crippen molar-refractivity contribution in [2.45, 2.75) is 6.92 Å². The molecule has 0 fully saturated rings. The summed E-state index contributed by atoms with van der Waals surface area (Å²) in [6.07, 6.45) is 0. The number of hydrogen-bond donors (Lipinski definition) is 2. The van der Waals surface area contributed by atoms with Crippen molar-refractivity contribution in [2.75, 3.05) is 38.4 Å². The summed E-state index contributed by atoms with van der Waals surface area (Å²) in [6, 6.07) is 2.75. The lowest BCUT2D eigenvalue weighted by Gasteiger charge is -2.24. The Morgan fingerprint density at radius 3 is 2.74 bits per heavy atom. The molecule has 0 saturated heterocycles. The second kappa shape index (κ2) is 6.26. The van der Waals surface area contributed by atoms with E-state index in [-0.39, 0.29) is 17.6 Å². The van der Waals surface area contributed by atoms with Crippen molar-refractivity contribution in [3.05, 3.63) is 17.9 Å². The molecule has 5 nitrogen and oxygen atoms in total. The summed E-state index contributed by atoms with van der Waals surface area (Å²) < 4.78 is 18.4. The average Bonchev–Trinajstić information content (AvgIpc) is 2.37. The second-order valence-corrected chi connectivity index (χ2v) is 4.44. The highest BCUT2D eigenvalue weighted by atomic mass is 19.1. The monoisotopic (exact) mass is 269 g/mol. The van der Waals surface area contributed by atoms with Crippen LogP contribution in [0.15, 0.2) is 12.1 Å². The number of nitrogen functional groups attached to an aromatic ring is 1. The first-order chi connectivity index (χ1) is 8.90. The van der Waals surface area contributed by atoms with Crippen molar-refractivity contribution in [1.29, 1.82) is 0 Å². The Kier molecular flexibility index (Phi) is 4.97. The summed E-state index contributed by atoms with van der Waals surface area (Å²) in [7, 11) is 4.78. The van der Waals surface area contributed by atoms with Gasteiger partial charge in [-0.25, -0.2) is 4.39 Å². The maximum Gasteiger partial charge on any atom is 0.224 e. The van der Waals surface area contributed by atoms with Gasteiger partial charge in [0.25, 0.3) is 0 Å². The van der Waals surface area contributed by atoms with Crippen LogP contribution in [0.1, 0.15) is 6.92 Å². The van der Waals surface area contributed by atoms with E-state index >= 15 is 0 Å². The maximum absolute atomic E-state index is 13.5. The number of amides is 1. The standard InChI is InChI=1S/C13H20FN3O2/c1-8(13(18)16-2)7-17(3)11-6-12(19-4)9(14)5-10(11)15/h5-6,8H,7,15H2,1-4H3,(H,16,18). The van der Waals surface area contributed by atoms with Gasteiger partial charge in [-0.3, -0.25) is 4.79 Å². The molecule has 19 heavy (non-hydrogen) atoms. The molecule has 1 rings (SSSR count). The summed E-state index contributed by atoms with van der Waals surface area (Å²) in [5.74, 6) is -0.634. The van der Waals surface area contributed by atoms with E-state index in [2.05, 4.69) is 5.32 Å². The number of ether oxygens (including phenoxy) is 1. The number of rotatable bonds is 5. The molecule has 0 radical (unpaired) electrons. The zero-order chi connectivity index (χ0) is 14.6. The average molecular weight is 269 g/mol. The highest BCUT2D eigenvalue weighted by Gasteiger charge is 2.17. The second-order valence-electron chi connectivity index (χ2n) is 4.44. The minimum Gasteiger partial charge on any atom is -0.494 e. The topological polar surface area (TPSA) is 67.6 Å². The SMILES string of the molecule is CNC(=O)C(C)CN(C)c1cc(OC)c(F)cc1N. The molecule has 0 bridgehead atoms. The van der Waals surface area contributed by atoms with Gasteiger partial charge in [-0.05, 0) is 0 Å². The van der Waals surface area contributed by atoms with Gasteiger partial charge < -0.3 is 20.7 Å². The van der Waals surface area contributed by atoms with Gasteiger partial charge >= 0.3 is 0 Å². The molecule has 6 heteroatoms. The predicted octanol–water partition coefficient (Wildman–Crippen LogP) is 1.23. The molecule has 1 unspecified atom stereocenters. The van der Waals surface area contributed by atoms with Crippen molar-refractivity contribution < 1.29 is 13.9 Å². The number of nitrogens with one attached hydrogen (secondary N) is 1. The van der Waals surface area contributed by atoms with Crippen LogP contribution in [0.25, 0.3) is 0 Å². The minimum absolute atomic E-state index is 0.0560. The largest absolute Gasteiger partial charge is 0.494 e. The van der Waals surface area contributed by atoms with Gasteiger partial charge in [0.15, 0.2) is 11.6 Å². The van der Waals surface area contributed by atoms with Gasteiger partial charge in [0.2, 0.25) is 5.91 Å². The molecule has 0 aliphatic heterocycles. The van der Waals surface area contributed by atoms with E-state index in [9.17, 15) is 9.18 Å². The Labute approximate surface area is 112 Å². The summed E-state index contributed by atoms with van der Waals surface area (Å²) >= 11 is 0. The Morgan fingerprint density at radius 1 is 1.58 bits per heavy atom. The molecule has 0 aromatic heterocycles. The van der Waals surface area contributed by atoms with Crippen molar-refractivity contribution in [3.63, 3.8) is 0 Å². The van der Waals surface area contributed by atoms with Crippen LogP contribution in [0.4, 0.5) is 15.8 Å². The molecule has 1 aromatic carbocycles. The Morgan fingerprint density at radius 2 is 2.21 bits per heavy atom. The molecule has 0 aliphatic rings. The van der Waals surface area contributed by atoms with Crippen molar-refractivity contribution >= 4 is 17.3 Å². The van der Waals surface area contributed by atoms with E-state index in [1.807, 2.05) is 6.92 Å². The van der Waals surface area contributed by atoms with Gasteiger partial charge in [0, 0.05) is 32.8 Å². The Balaban J connectivity index is 2.93. The highest BCUT2D eigenvalue weighted by Crippen LogP contribution is 2.30.